The Bertz CT molecular complexity index is 197. The van der Waals surface area contributed by atoms with Crippen LogP contribution in [-0.2, 0) is 0 Å². The van der Waals surface area contributed by atoms with Gasteiger partial charge in [0.15, 0.2) is 0 Å². The fraction of sp³-hybridized carbons (Fsp3) is 0.143. The van der Waals surface area contributed by atoms with E-state index < -0.39 is 0 Å². The molecule has 0 fully saturated rings. The number of halogens is 1. The van der Waals surface area contributed by atoms with Crippen LogP contribution in [0.15, 0.2) is 29.2 Å². The Hall–Kier alpha value is -0.700. The molecule has 0 bridgehead atoms. The number of thioether (sulfide) groups is 1. The van der Waals surface area contributed by atoms with Crippen molar-refractivity contribution >= 4 is 17.4 Å². The average Bonchev–Trinajstić information content (AvgIpc) is 1.95. The molecule has 0 unspecified atom stereocenters. The number of hydrogen-bond acceptors (Lipinski definition) is 2. The van der Waals surface area contributed by atoms with Crippen molar-refractivity contribution in [3.63, 3.8) is 0 Å². The SMILES string of the molecule is Nc1ccc(SCF)cc1. The number of anilines is 1. The lowest BCUT2D eigenvalue weighted by Gasteiger charge is -1.95. The van der Waals surface area contributed by atoms with Gasteiger partial charge in [0, 0.05) is 10.6 Å². The summed E-state index contributed by atoms with van der Waals surface area (Å²) in [5.41, 5.74) is 6.13. The third-order valence-corrected chi connectivity index (χ3v) is 1.82. The van der Waals surface area contributed by atoms with E-state index in [4.69, 9.17) is 5.73 Å². The molecule has 1 aromatic carbocycles. The maximum Gasteiger partial charge on any atom is 0.139 e. The molecule has 10 heavy (non-hydrogen) atoms. The molecule has 1 nitrogen and oxygen atoms in total. The molecular weight excluding hydrogens is 149 g/mol. The van der Waals surface area contributed by atoms with Gasteiger partial charge in [-0.1, -0.05) is 11.8 Å². The van der Waals surface area contributed by atoms with E-state index >= 15 is 0 Å². The third-order valence-electron chi connectivity index (χ3n) is 1.10. The number of rotatable bonds is 2. The fourth-order valence-electron chi connectivity index (χ4n) is 0.627. The second kappa shape index (κ2) is 3.46. The maximum atomic E-state index is 11.7. The molecular formula is C7H8FNS. The first-order valence-electron chi connectivity index (χ1n) is 2.87. The van der Waals surface area contributed by atoms with Crippen molar-refractivity contribution in [2.24, 2.45) is 0 Å². The number of nitrogen functional groups attached to an aromatic ring is 1. The molecule has 0 aliphatic rings. The molecule has 3 heteroatoms. The van der Waals surface area contributed by atoms with Gasteiger partial charge in [-0.25, -0.2) is 4.39 Å². The van der Waals surface area contributed by atoms with Crippen molar-refractivity contribution in [1.29, 1.82) is 0 Å². The minimum Gasteiger partial charge on any atom is -0.399 e. The van der Waals surface area contributed by atoms with Crippen LogP contribution in [0.3, 0.4) is 0 Å². The van der Waals surface area contributed by atoms with Gasteiger partial charge in [-0.05, 0) is 24.3 Å². The van der Waals surface area contributed by atoms with Crippen LogP contribution in [0.2, 0.25) is 0 Å². The van der Waals surface area contributed by atoms with Crippen LogP contribution in [0, 0.1) is 0 Å². The summed E-state index contributed by atoms with van der Waals surface area (Å²) in [6, 6.07) is 6.75. The second-order valence-electron chi connectivity index (χ2n) is 1.82. The number of hydrogen-bond donors (Lipinski definition) is 1. The highest BCUT2D eigenvalue weighted by atomic mass is 32.2. The van der Waals surface area contributed by atoms with Gasteiger partial charge in [-0.2, -0.15) is 0 Å². The standard InChI is InChI=1S/C7H8FNS/c8-5-10-7-3-1-6(9)2-4-7/h1-4H,5,9H2. The molecule has 0 aromatic heterocycles. The predicted molar refractivity (Wildman–Crippen MR) is 42.7 cm³/mol. The number of benzene rings is 1. The first-order valence-corrected chi connectivity index (χ1v) is 3.86. The molecule has 1 rings (SSSR count). The van der Waals surface area contributed by atoms with Gasteiger partial charge in [0.05, 0.1) is 0 Å². The monoisotopic (exact) mass is 157 g/mol. The molecule has 0 amide bonds. The van der Waals surface area contributed by atoms with Crippen molar-refractivity contribution in [2.75, 3.05) is 11.7 Å². The van der Waals surface area contributed by atoms with Gasteiger partial charge in [0.2, 0.25) is 0 Å². The van der Waals surface area contributed by atoms with E-state index in [2.05, 4.69) is 0 Å². The lowest BCUT2D eigenvalue weighted by atomic mass is 10.3. The smallest absolute Gasteiger partial charge is 0.139 e. The van der Waals surface area contributed by atoms with Crippen LogP contribution in [0.25, 0.3) is 0 Å². The maximum absolute atomic E-state index is 11.7. The van der Waals surface area contributed by atoms with Gasteiger partial charge < -0.3 is 5.73 Å². The van der Waals surface area contributed by atoms with Crippen molar-refractivity contribution in [1.82, 2.24) is 0 Å². The Kier molecular flexibility index (Phi) is 2.57. The van der Waals surface area contributed by atoms with E-state index in [1.54, 1.807) is 24.3 Å². The summed E-state index contributed by atoms with van der Waals surface area (Å²) in [4.78, 5) is 0.914. The zero-order valence-electron chi connectivity index (χ0n) is 5.38. The largest absolute Gasteiger partial charge is 0.399 e. The molecule has 0 spiro atoms. The van der Waals surface area contributed by atoms with Crippen molar-refractivity contribution < 1.29 is 4.39 Å². The van der Waals surface area contributed by atoms with Gasteiger partial charge in [-0.3, -0.25) is 0 Å². The van der Waals surface area contributed by atoms with Gasteiger partial charge in [-0.15, -0.1) is 0 Å². The summed E-state index contributed by atoms with van der Waals surface area (Å²) in [6.07, 6.45) is 0. The molecule has 0 atom stereocenters. The van der Waals surface area contributed by atoms with Crippen LogP contribution in [0.4, 0.5) is 10.1 Å². The fourth-order valence-corrected chi connectivity index (χ4v) is 1.08. The van der Waals surface area contributed by atoms with Crippen LogP contribution in [0.1, 0.15) is 0 Å². The lowest BCUT2D eigenvalue weighted by molar-refractivity contribution is 0.605. The summed E-state index contributed by atoms with van der Waals surface area (Å²) in [5, 5.41) is 0. The Labute approximate surface area is 63.4 Å². The molecule has 0 radical (unpaired) electrons. The van der Waals surface area contributed by atoms with Crippen molar-refractivity contribution in [3.05, 3.63) is 24.3 Å². The Morgan fingerprint density at radius 3 is 2.40 bits per heavy atom. The van der Waals surface area contributed by atoms with Crippen molar-refractivity contribution in [3.8, 4) is 0 Å². The molecule has 2 N–H and O–H groups in total. The molecule has 0 heterocycles. The van der Waals surface area contributed by atoms with E-state index in [9.17, 15) is 4.39 Å². The summed E-state index contributed by atoms with van der Waals surface area (Å²) < 4.78 is 11.7. The zero-order valence-corrected chi connectivity index (χ0v) is 6.20. The molecule has 0 aliphatic carbocycles. The van der Waals surface area contributed by atoms with Crippen molar-refractivity contribution in [2.45, 2.75) is 4.90 Å². The van der Waals surface area contributed by atoms with Gasteiger partial charge in [0.25, 0.3) is 0 Å². The number of alkyl halides is 1. The summed E-state index contributed by atoms with van der Waals surface area (Å²) in [5.74, 6) is 0. The molecule has 1 aromatic rings. The molecule has 0 aliphatic heterocycles. The molecule has 0 saturated heterocycles. The van der Waals surface area contributed by atoms with Crippen LogP contribution in [-0.4, -0.2) is 6.01 Å². The molecule has 0 saturated carbocycles. The number of nitrogens with two attached hydrogens (primary N) is 1. The topological polar surface area (TPSA) is 26.0 Å². The highest BCUT2D eigenvalue weighted by molar-refractivity contribution is 7.99. The average molecular weight is 157 g/mol. The minimum atomic E-state index is -0.385. The van der Waals surface area contributed by atoms with Crippen LogP contribution < -0.4 is 5.73 Å². The van der Waals surface area contributed by atoms with E-state index in [0.717, 1.165) is 16.7 Å². The Morgan fingerprint density at radius 1 is 1.30 bits per heavy atom. The van der Waals surface area contributed by atoms with Crippen LogP contribution in [0.5, 0.6) is 0 Å². The highest BCUT2D eigenvalue weighted by Gasteiger charge is 1.90. The Balaban J connectivity index is 2.69. The van der Waals surface area contributed by atoms with Crippen LogP contribution >= 0.6 is 11.8 Å². The summed E-state index contributed by atoms with van der Waals surface area (Å²) in [6.45, 7) is 0. The van der Waals surface area contributed by atoms with Gasteiger partial charge >= 0.3 is 0 Å². The Morgan fingerprint density at radius 2 is 1.90 bits per heavy atom. The van der Waals surface area contributed by atoms with E-state index in [1.807, 2.05) is 0 Å². The normalized spacial score (nSPS) is 9.70. The second-order valence-corrected chi connectivity index (χ2v) is 2.80. The minimum absolute atomic E-state index is 0.385. The summed E-state index contributed by atoms with van der Waals surface area (Å²) in [7, 11) is 0. The highest BCUT2D eigenvalue weighted by Crippen LogP contribution is 2.18. The van der Waals surface area contributed by atoms with E-state index in [-0.39, 0.29) is 6.01 Å². The summed E-state index contributed by atoms with van der Waals surface area (Å²) >= 11 is 1.16. The predicted octanol–water partition coefficient (Wildman–Crippen LogP) is 2.29. The quantitative estimate of drug-likeness (QED) is 0.526. The lowest BCUT2D eigenvalue weighted by Crippen LogP contribution is -1.82. The first kappa shape index (κ1) is 7.41. The zero-order chi connectivity index (χ0) is 7.40. The first-order chi connectivity index (χ1) is 4.83. The van der Waals surface area contributed by atoms with Gasteiger partial charge in [0.1, 0.15) is 6.01 Å². The molecule has 54 valence electrons. The van der Waals surface area contributed by atoms with E-state index in [0.29, 0.717) is 5.69 Å². The third kappa shape index (κ3) is 1.92. The van der Waals surface area contributed by atoms with E-state index in [1.165, 1.54) is 0 Å².